The number of benzene rings is 1. The van der Waals surface area contributed by atoms with E-state index >= 15 is 0 Å². The first-order chi connectivity index (χ1) is 15.8. The van der Waals surface area contributed by atoms with Crippen molar-refractivity contribution in [1.82, 2.24) is 19.4 Å². The Bertz CT molecular complexity index is 1310. The fourth-order valence-electron chi connectivity index (χ4n) is 4.87. The summed E-state index contributed by atoms with van der Waals surface area (Å²) in [5, 5.41) is 9.27. The second-order valence-corrected chi connectivity index (χ2v) is 9.29. The van der Waals surface area contributed by atoms with Gasteiger partial charge >= 0.3 is 0 Å². The summed E-state index contributed by atoms with van der Waals surface area (Å²) in [6.45, 7) is 5.34. The zero-order chi connectivity index (χ0) is 23.3. The van der Waals surface area contributed by atoms with Crippen LogP contribution in [0.5, 0.6) is 0 Å². The molecule has 4 heterocycles. The minimum absolute atomic E-state index is 0.00274. The number of amides is 2. The zero-order valence-corrected chi connectivity index (χ0v) is 18.8. The number of carbonyl (C=O) groups excluding carboxylic acids is 2. The number of rotatable bonds is 4. The van der Waals surface area contributed by atoms with Gasteiger partial charge in [0.2, 0.25) is 0 Å². The van der Waals surface area contributed by atoms with E-state index in [1.807, 2.05) is 38.1 Å². The summed E-state index contributed by atoms with van der Waals surface area (Å²) in [6.07, 6.45) is 7.53. The van der Waals surface area contributed by atoms with Crippen molar-refractivity contribution in [2.75, 3.05) is 18.0 Å². The molecule has 166 valence electrons. The Morgan fingerprint density at radius 2 is 1.97 bits per heavy atom. The molecule has 2 aromatic heterocycles. The van der Waals surface area contributed by atoms with Crippen LogP contribution in [0.25, 0.3) is 0 Å². The molecular weight excluding hydrogens is 416 g/mol. The second kappa shape index (κ2) is 7.55. The lowest BCUT2D eigenvalue weighted by molar-refractivity contribution is 0.0491. The molecule has 2 aliphatic heterocycles. The molecular formula is C25H24N6O2. The smallest absolute Gasteiger partial charge is 0.272 e. The van der Waals surface area contributed by atoms with Crippen molar-refractivity contribution in [2.45, 2.75) is 25.8 Å². The molecule has 0 aliphatic carbocycles. The van der Waals surface area contributed by atoms with E-state index in [1.165, 1.54) is 0 Å². The molecule has 1 saturated heterocycles. The van der Waals surface area contributed by atoms with E-state index in [1.54, 1.807) is 46.4 Å². The third-order valence-electron chi connectivity index (χ3n) is 6.64. The summed E-state index contributed by atoms with van der Waals surface area (Å²) in [6, 6.07) is 9.38. The van der Waals surface area contributed by atoms with Crippen LogP contribution < -0.4 is 4.90 Å². The first-order valence-electron chi connectivity index (χ1n) is 10.9. The maximum absolute atomic E-state index is 13.2. The SMILES string of the molecule is Cn1cncc1C(=O)N1CC(Cc2cncc(N3C(=O)c4ccc(C#N)cc4C3(C)C)c2)C1. The lowest BCUT2D eigenvalue weighted by atomic mass is 9.91. The summed E-state index contributed by atoms with van der Waals surface area (Å²) >= 11 is 0. The number of likely N-dealkylation sites (tertiary alicyclic amines) is 1. The van der Waals surface area contributed by atoms with Crippen molar-refractivity contribution < 1.29 is 9.59 Å². The van der Waals surface area contributed by atoms with Crippen LogP contribution in [0, 0.1) is 17.2 Å². The second-order valence-electron chi connectivity index (χ2n) is 9.29. The molecule has 1 aromatic carbocycles. The molecule has 0 atom stereocenters. The Morgan fingerprint density at radius 1 is 1.18 bits per heavy atom. The summed E-state index contributed by atoms with van der Waals surface area (Å²) in [5.41, 5.74) is 3.77. The van der Waals surface area contributed by atoms with Crippen LogP contribution in [0.4, 0.5) is 5.69 Å². The van der Waals surface area contributed by atoms with E-state index in [0.29, 0.717) is 35.8 Å². The van der Waals surface area contributed by atoms with Crippen LogP contribution in [0.15, 0.2) is 49.2 Å². The predicted molar refractivity (Wildman–Crippen MR) is 122 cm³/mol. The third kappa shape index (κ3) is 3.37. The largest absolute Gasteiger partial charge is 0.337 e. The van der Waals surface area contributed by atoms with Gasteiger partial charge in [0.25, 0.3) is 11.8 Å². The molecule has 5 rings (SSSR count). The molecule has 0 saturated carbocycles. The van der Waals surface area contributed by atoms with Crippen LogP contribution in [-0.4, -0.2) is 44.3 Å². The van der Waals surface area contributed by atoms with Gasteiger partial charge in [0.15, 0.2) is 0 Å². The van der Waals surface area contributed by atoms with Gasteiger partial charge in [0.1, 0.15) is 5.69 Å². The van der Waals surface area contributed by atoms with Crippen LogP contribution in [0.3, 0.4) is 0 Å². The molecule has 33 heavy (non-hydrogen) atoms. The fourth-order valence-corrected chi connectivity index (χ4v) is 4.87. The van der Waals surface area contributed by atoms with Crippen molar-refractivity contribution >= 4 is 17.5 Å². The van der Waals surface area contributed by atoms with Gasteiger partial charge in [-0.1, -0.05) is 0 Å². The van der Waals surface area contributed by atoms with Gasteiger partial charge in [-0.25, -0.2) is 4.98 Å². The lowest BCUT2D eigenvalue weighted by Gasteiger charge is -2.39. The van der Waals surface area contributed by atoms with Gasteiger partial charge in [0.05, 0.1) is 41.6 Å². The monoisotopic (exact) mass is 440 g/mol. The summed E-state index contributed by atoms with van der Waals surface area (Å²) < 4.78 is 1.73. The van der Waals surface area contributed by atoms with E-state index in [9.17, 15) is 14.9 Å². The number of aromatic nitrogens is 3. The lowest BCUT2D eigenvalue weighted by Crippen LogP contribution is -2.51. The molecule has 8 heteroatoms. The number of anilines is 1. The Morgan fingerprint density at radius 3 is 2.67 bits per heavy atom. The number of carbonyl (C=O) groups is 2. The van der Waals surface area contributed by atoms with Crippen LogP contribution in [0.1, 0.15) is 51.4 Å². The Kier molecular flexibility index (Phi) is 4.78. The van der Waals surface area contributed by atoms with E-state index < -0.39 is 5.54 Å². The highest BCUT2D eigenvalue weighted by molar-refractivity contribution is 6.12. The van der Waals surface area contributed by atoms with Crippen LogP contribution in [0.2, 0.25) is 0 Å². The summed E-state index contributed by atoms with van der Waals surface area (Å²) in [7, 11) is 1.81. The minimum Gasteiger partial charge on any atom is -0.337 e. The molecule has 0 radical (unpaired) electrons. The van der Waals surface area contributed by atoms with Crippen LogP contribution in [-0.2, 0) is 19.0 Å². The van der Waals surface area contributed by atoms with Gasteiger partial charge in [-0.05, 0) is 61.6 Å². The molecule has 0 unspecified atom stereocenters. The minimum atomic E-state index is -0.595. The highest BCUT2D eigenvalue weighted by Gasteiger charge is 2.44. The Balaban J connectivity index is 1.31. The van der Waals surface area contributed by atoms with Gasteiger partial charge in [-0.15, -0.1) is 0 Å². The van der Waals surface area contributed by atoms with Gasteiger partial charge in [-0.3, -0.25) is 19.5 Å². The average molecular weight is 441 g/mol. The molecule has 3 aromatic rings. The summed E-state index contributed by atoms with van der Waals surface area (Å²) in [5.74, 6) is 0.254. The van der Waals surface area contributed by atoms with Gasteiger partial charge < -0.3 is 9.47 Å². The van der Waals surface area contributed by atoms with Crippen LogP contribution >= 0.6 is 0 Å². The first kappa shape index (κ1) is 20.9. The van der Waals surface area contributed by atoms with Crippen molar-refractivity contribution in [3.8, 4) is 6.07 Å². The number of aryl methyl sites for hydroxylation is 1. The fraction of sp³-hybridized carbons (Fsp3) is 0.320. The molecule has 2 amide bonds. The molecule has 0 N–H and O–H groups in total. The maximum atomic E-state index is 13.2. The van der Waals surface area contributed by atoms with Gasteiger partial charge in [-0.2, -0.15) is 5.26 Å². The van der Waals surface area contributed by atoms with E-state index in [-0.39, 0.29) is 11.8 Å². The molecule has 0 bridgehead atoms. The van der Waals surface area contributed by atoms with Crippen molar-refractivity contribution in [2.24, 2.45) is 13.0 Å². The van der Waals surface area contributed by atoms with Crippen molar-refractivity contribution in [3.63, 3.8) is 0 Å². The third-order valence-corrected chi connectivity index (χ3v) is 6.64. The van der Waals surface area contributed by atoms with E-state index in [4.69, 9.17) is 0 Å². The number of nitriles is 1. The number of hydrogen-bond acceptors (Lipinski definition) is 5. The van der Waals surface area contributed by atoms with Crippen molar-refractivity contribution in [1.29, 1.82) is 5.26 Å². The van der Waals surface area contributed by atoms with Crippen molar-refractivity contribution in [3.05, 3.63) is 77.1 Å². The molecule has 2 aliphatic rings. The number of nitrogens with zero attached hydrogens (tertiary/aromatic N) is 6. The summed E-state index contributed by atoms with van der Waals surface area (Å²) in [4.78, 5) is 37.8. The topological polar surface area (TPSA) is 95.1 Å². The van der Waals surface area contributed by atoms with E-state index in [2.05, 4.69) is 16.0 Å². The highest BCUT2D eigenvalue weighted by Crippen LogP contribution is 2.42. The predicted octanol–water partition coefficient (Wildman–Crippen LogP) is 2.90. The number of pyridine rings is 1. The quantitative estimate of drug-likeness (QED) is 0.622. The molecule has 1 fully saturated rings. The normalized spacial score (nSPS) is 17.0. The Labute approximate surface area is 192 Å². The number of hydrogen-bond donors (Lipinski definition) is 0. The molecule has 8 nitrogen and oxygen atoms in total. The number of imidazole rings is 1. The highest BCUT2D eigenvalue weighted by atomic mass is 16.2. The first-order valence-corrected chi connectivity index (χ1v) is 10.9. The Hall–Kier alpha value is -3.99. The molecule has 0 spiro atoms. The average Bonchev–Trinajstić information content (AvgIpc) is 3.28. The van der Waals surface area contributed by atoms with E-state index in [0.717, 1.165) is 23.2 Å². The zero-order valence-electron chi connectivity index (χ0n) is 18.8. The number of fused-ring (bicyclic) bond motifs is 1. The van der Waals surface area contributed by atoms with Gasteiger partial charge in [0, 0.05) is 31.9 Å². The maximum Gasteiger partial charge on any atom is 0.272 e. The standard InChI is InChI=1S/C25H24N6O2/c1-25(2)21-8-16(9-26)4-5-20(21)23(32)31(25)19-7-17(10-27-11-19)6-18-13-30(14-18)24(33)22-12-28-15-29(22)3/h4-5,7-8,10-12,15,18H,6,13-14H2,1-3H3.